The van der Waals surface area contributed by atoms with Crippen LogP contribution in [0.3, 0.4) is 0 Å². The summed E-state index contributed by atoms with van der Waals surface area (Å²) in [5.74, 6) is -0.288. The Kier molecular flexibility index (Phi) is 45.0. The van der Waals surface area contributed by atoms with E-state index in [1.165, 1.54) is 0 Å². The lowest BCUT2D eigenvalue weighted by Gasteiger charge is -2.24. The maximum absolute atomic E-state index is 13.7. The van der Waals surface area contributed by atoms with Gasteiger partial charge < -0.3 is 43.5 Å². The minimum atomic E-state index is -0.537. The van der Waals surface area contributed by atoms with E-state index in [9.17, 15) is 14.4 Å². The molecule has 1 saturated heterocycles. The van der Waals surface area contributed by atoms with Crippen LogP contribution in [-0.2, 0) is 42.8 Å². The number of nitrogens with zero attached hydrogens (tertiary/aromatic N) is 2. The van der Waals surface area contributed by atoms with E-state index in [2.05, 4.69) is 81.6 Å². The molecule has 0 aromatic carbocycles. The highest BCUT2D eigenvalue weighted by molar-refractivity contribution is 5.88. The Labute approximate surface area is 428 Å². The van der Waals surface area contributed by atoms with Crippen molar-refractivity contribution in [2.24, 2.45) is 0 Å². The van der Waals surface area contributed by atoms with Crippen LogP contribution < -0.4 is 5.32 Å². The molecule has 0 spiro atoms. The molecule has 12 nitrogen and oxygen atoms in total. The lowest BCUT2D eigenvalue weighted by molar-refractivity contribution is -0.152. The number of nitrogens with one attached hydrogen (secondary N) is 1. The number of allylic oxidation sites excluding steroid dienone is 8. The molecule has 1 aliphatic rings. The molecule has 0 aliphatic carbocycles. The number of hydrogen-bond donors (Lipinski definition) is 1. The predicted molar refractivity (Wildman–Crippen MR) is 288 cm³/mol. The first-order chi connectivity index (χ1) is 34.2. The monoisotopic (exact) mass is 988 g/mol. The standard InChI is InChI=1S/C58H105N3O9/c1-7-11-15-19-23-33-46-67-56(68-47-34-24-20-16-12-8-2)40-30-29-38-54(62)61-51-52(50-53(61)58(64)59-42-43-60(5)6)65-44-31-27-28-32-45-66-55(63)39-37-41-57(69-48-35-25-21-17-13-9-3)70-49-36-26-22-18-14-10-4/h11-18,52-53,56-57H,7-10,19-51H2,1-6H3,(H,59,64)/b15-11-,16-12-,17-13-,18-14-/t52-,53-/m0/s1. The van der Waals surface area contributed by atoms with Gasteiger partial charge in [0.25, 0.3) is 0 Å². The number of likely N-dealkylation sites (N-methyl/N-ethyl adjacent to an activating group) is 1. The average Bonchev–Trinajstić information content (AvgIpc) is 3.78. The van der Waals surface area contributed by atoms with Gasteiger partial charge in [0, 0.05) is 71.9 Å². The average molecular weight is 988 g/mol. The van der Waals surface area contributed by atoms with Crippen LogP contribution in [0.15, 0.2) is 48.6 Å². The van der Waals surface area contributed by atoms with Gasteiger partial charge in [-0.15, -0.1) is 0 Å². The van der Waals surface area contributed by atoms with E-state index >= 15 is 0 Å². The summed E-state index contributed by atoms with van der Waals surface area (Å²) in [4.78, 5) is 43.5. The highest BCUT2D eigenvalue weighted by Crippen LogP contribution is 2.24. The Balaban J connectivity index is 2.50. The Morgan fingerprint density at radius 3 is 1.47 bits per heavy atom. The van der Waals surface area contributed by atoms with E-state index in [4.69, 9.17) is 28.4 Å². The lowest BCUT2D eigenvalue weighted by atomic mass is 10.1. The van der Waals surface area contributed by atoms with Crippen molar-refractivity contribution in [3.63, 3.8) is 0 Å². The highest BCUT2D eigenvalue weighted by atomic mass is 16.7. The molecule has 406 valence electrons. The first-order valence-corrected chi connectivity index (χ1v) is 28.3. The summed E-state index contributed by atoms with van der Waals surface area (Å²) < 4.78 is 36.5. The zero-order chi connectivity index (χ0) is 51.0. The van der Waals surface area contributed by atoms with Crippen molar-refractivity contribution in [3.05, 3.63) is 48.6 Å². The minimum Gasteiger partial charge on any atom is -0.466 e. The number of esters is 1. The van der Waals surface area contributed by atoms with E-state index in [-0.39, 0.29) is 36.5 Å². The molecule has 1 fully saturated rings. The van der Waals surface area contributed by atoms with Crippen molar-refractivity contribution in [1.29, 1.82) is 0 Å². The van der Waals surface area contributed by atoms with Gasteiger partial charge in [-0.25, -0.2) is 0 Å². The Morgan fingerprint density at radius 1 is 0.543 bits per heavy atom. The van der Waals surface area contributed by atoms with Crippen molar-refractivity contribution < 1.29 is 42.8 Å². The molecule has 2 atom stereocenters. The normalized spacial score (nSPS) is 15.5. The molecule has 0 aromatic rings. The summed E-state index contributed by atoms with van der Waals surface area (Å²) in [7, 11) is 3.95. The van der Waals surface area contributed by atoms with Gasteiger partial charge in [-0.05, 0) is 168 Å². The second kappa shape index (κ2) is 48.4. The van der Waals surface area contributed by atoms with E-state index in [0.717, 1.165) is 148 Å². The summed E-state index contributed by atoms with van der Waals surface area (Å²) in [6.45, 7) is 13.9. The summed E-state index contributed by atoms with van der Waals surface area (Å²) in [6.07, 6.45) is 42.3. The third kappa shape index (κ3) is 38.8. The molecule has 12 heteroatoms. The van der Waals surface area contributed by atoms with Crippen molar-refractivity contribution >= 4 is 17.8 Å². The third-order valence-electron chi connectivity index (χ3n) is 12.2. The van der Waals surface area contributed by atoms with Crippen molar-refractivity contribution in [2.75, 3.05) is 73.4 Å². The number of carbonyl (C=O) groups is 3. The molecular formula is C58H105N3O9. The van der Waals surface area contributed by atoms with Crippen LogP contribution >= 0.6 is 0 Å². The number of rotatable bonds is 49. The van der Waals surface area contributed by atoms with Crippen molar-refractivity contribution in [1.82, 2.24) is 15.1 Å². The van der Waals surface area contributed by atoms with Crippen LogP contribution in [0.2, 0.25) is 0 Å². The fourth-order valence-electron chi connectivity index (χ4n) is 8.06. The number of unbranched alkanes of at least 4 members (excludes halogenated alkanes) is 12. The molecule has 0 saturated carbocycles. The molecule has 0 bridgehead atoms. The first-order valence-electron chi connectivity index (χ1n) is 28.3. The van der Waals surface area contributed by atoms with Crippen LogP contribution in [0.25, 0.3) is 0 Å². The van der Waals surface area contributed by atoms with Crippen LogP contribution in [0.5, 0.6) is 0 Å². The van der Waals surface area contributed by atoms with E-state index in [1.807, 2.05) is 19.0 Å². The highest BCUT2D eigenvalue weighted by Gasteiger charge is 2.39. The Hall–Kier alpha value is -2.87. The summed E-state index contributed by atoms with van der Waals surface area (Å²) in [6, 6.07) is -0.537. The quantitative estimate of drug-likeness (QED) is 0.0273. The zero-order valence-corrected chi connectivity index (χ0v) is 45.7. The summed E-state index contributed by atoms with van der Waals surface area (Å²) in [5.41, 5.74) is 0. The lowest BCUT2D eigenvalue weighted by Crippen LogP contribution is -2.47. The largest absolute Gasteiger partial charge is 0.466 e. The number of ether oxygens (including phenoxy) is 6. The molecule has 1 N–H and O–H groups in total. The molecule has 1 aliphatic heterocycles. The van der Waals surface area contributed by atoms with Gasteiger partial charge in [0.15, 0.2) is 12.6 Å². The second-order valence-electron chi connectivity index (χ2n) is 19.0. The van der Waals surface area contributed by atoms with Gasteiger partial charge >= 0.3 is 5.97 Å². The van der Waals surface area contributed by atoms with Gasteiger partial charge in [-0.1, -0.05) is 82.7 Å². The smallest absolute Gasteiger partial charge is 0.305 e. The molecule has 0 aromatic heterocycles. The third-order valence-corrected chi connectivity index (χ3v) is 12.2. The van der Waals surface area contributed by atoms with E-state index in [1.54, 1.807) is 4.90 Å². The molecule has 0 unspecified atom stereocenters. The molecule has 2 amide bonds. The Morgan fingerprint density at radius 2 is 1.00 bits per heavy atom. The van der Waals surface area contributed by atoms with Gasteiger partial charge in [0.05, 0.1) is 12.7 Å². The molecular weight excluding hydrogens is 883 g/mol. The van der Waals surface area contributed by atoms with E-state index in [0.29, 0.717) is 91.3 Å². The summed E-state index contributed by atoms with van der Waals surface area (Å²) in [5, 5.41) is 3.05. The SMILES string of the molecule is CC/C=C\CCCCOC(CCCCC(=O)N1C[C@@H](OCCCCCCOC(=O)CCCC(OCCCC/C=C\CC)OCCCC/C=C\CC)C[C@H]1C(=O)NCCN(C)C)OCCCC/C=C\CC. The fourth-order valence-corrected chi connectivity index (χ4v) is 8.06. The maximum atomic E-state index is 13.7. The molecule has 1 heterocycles. The van der Waals surface area contributed by atoms with Crippen LogP contribution in [0.4, 0.5) is 0 Å². The van der Waals surface area contributed by atoms with Gasteiger partial charge in [-0.2, -0.15) is 0 Å². The van der Waals surface area contributed by atoms with Gasteiger partial charge in [-0.3, -0.25) is 14.4 Å². The summed E-state index contributed by atoms with van der Waals surface area (Å²) >= 11 is 0. The minimum absolute atomic E-state index is 0.00313. The first kappa shape index (κ1) is 65.1. The second-order valence-corrected chi connectivity index (χ2v) is 19.0. The van der Waals surface area contributed by atoms with Crippen LogP contribution in [0, 0.1) is 0 Å². The van der Waals surface area contributed by atoms with Gasteiger partial charge in [0.1, 0.15) is 6.04 Å². The van der Waals surface area contributed by atoms with Crippen molar-refractivity contribution in [3.8, 4) is 0 Å². The number of likely N-dealkylation sites (tertiary alicyclic amines) is 1. The molecule has 1 rings (SSSR count). The number of carbonyl (C=O) groups excluding carboxylic acids is 3. The maximum Gasteiger partial charge on any atom is 0.305 e. The van der Waals surface area contributed by atoms with Crippen LogP contribution in [-0.4, -0.2) is 126 Å². The molecule has 0 radical (unpaired) electrons. The van der Waals surface area contributed by atoms with Crippen LogP contribution in [0.1, 0.15) is 207 Å². The Bertz CT molecular complexity index is 1310. The van der Waals surface area contributed by atoms with Gasteiger partial charge in [0.2, 0.25) is 11.8 Å². The fraction of sp³-hybridized carbons (Fsp3) is 0.810. The van der Waals surface area contributed by atoms with E-state index < -0.39 is 6.04 Å². The predicted octanol–water partition coefficient (Wildman–Crippen LogP) is 12.7. The zero-order valence-electron chi connectivity index (χ0n) is 45.7. The number of hydrogen-bond acceptors (Lipinski definition) is 10. The molecule has 70 heavy (non-hydrogen) atoms. The topological polar surface area (TPSA) is 125 Å². The van der Waals surface area contributed by atoms with Crippen molar-refractivity contribution in [2.45, 2.75) is 232 Å². The number of amides is 2.